The van der Waals surface area contributed by atoms with Gasteiger partial charge in [-0.05, 0) is 30.7 Å². The van der Waals surface area contributed by atoms with Crippen LogP contribution < -0.4 is 5.32 Å². The van der Waals surface area contributed by atoms with Gasteiger partial charge >= 0.3 is 5.97 Å². The van der Waals surface area contributed by atoms with E-state index in [0.29, 0.717) is 12.8 Å². The van der Waals surface area contributed by atoms with Crippen LogP contribution in [0.5, 0.6) is 0 Å². The number of carbonyl (C=O) groups is 2. The van der Waals surface area contributed by atoms with E-state index in [-0.39, 0.29) is 12.3 Å². The molecule has 0 bridgehead atoms. The fourth-order valence-electron chi connectivity index (χ4n) is 2.23. The van der Waals surface area contributed by atoms with E-state index in [9.17, 15) is 14.7 Å². The first-order chi connectivity index (χ1) is 9.99. The van der Waals surface area contributed by atoms with Gasteiger partial charge in [-0.15, -0.1) is 11.8 Å². The number of carboxylic acid groups (broad SMARTS) is 1. The third-order valence-electron chi connectivity index (χ3n) is 3.77. The van der Waals surface area contributed by atoms with Gasteiger partial charge in [-0.1, -0.05) is 32.9 Å². The van der Waals surface area contributed by atoms with Crippen LogP contribution in [-0.4, -0.2) is 22.7 Å². The highest BCUT2D eigenvalue weighted by Gasteiger charge is 2.37. The molecule has 0 atom stereocenters. The summed E-state index contributed by atoms with van der Waals surface area (Å²) in [7, 11) is 0. The summed E-state index contributed by atoms with van der Waals surface area (Å²) in [6, 6.07) is 7.58. The summed E-state index contributed by atoms with van der Waals surface area (Å²) in [4.78, 5) is 24.7. The Balaban J connectivity index is 2.84. The molecule has 0 aromatic heterocycles. The molecule has 21 heavy (non-hydrogen) atoms. The highest BCUT2D eigenvalue weighted by atomic mass is 32.2. The van der Waals surface area contributed by atoms with Gasteiger partial charge in [0.05, 0.1) is 11.1 Å². The van der Waals surface area contributed by atoms with Crippen LogP contribution in [0, 0.1) is 5.41 Å². The number of amides is 1. The average molecular weight is 309 g/mol. The zero-order chi connectivity index (χ0) is 15.9. The Morgan fingerprint density at radius 3 is 2.33 bits per heavy atom. The van der Waals surface area contributed by atoms with Gasteiger partial charge in [-0.2, -0.15) is 0 Å². The van der Waals surface area contributed by atoms with Gasteiger partial charge in [0, 0.05) is 11.3 Å². The average Bonchev–Trinajstić information content (AvgIpc) is 2.47. The lowest BCUT2D eigenvalue weighted by Crippen LogP contribution is -2.34. The smallest absolute Gasteiger partial charge is 0.310 e. The minimum absolute atomic E-state index is 0.000456. The van der Waals surface area contributed by atoms with Crippen molar-refractivity contribution in [2.24, 2.45) is 5.41 Å². The highest BCUT2D eigenvalue weighted by molar-refractivity contribution is 7.99. The maximum Gasteiger partial charge on any atom is 0.310 e. The van der Waals surface area contributed by atoms with Gasteiger partial charge in [-0.25, -0.2) is 0 Å². The summed E-state index contributed by atoms with van der Waals surface area (Å²) in [6.07, 6.45) is 0.885. The fraction of sp³-hybridized carbons (Fsp3) is 0.500. The van der Waals surface area contributed by atoms with E-state index < -0.39 is 11.4 Å². The van der Waals surface area contributed by atoms with Crippen molar-refractivity contribution in [3.63, 3.8) is 0 Å². The van der Waals surface area contributed by atoms with Crippen molar-refractivity contribution in [3.05, 3.63) is 24.3 Å². The van der Waals surface area contributed by atoms with Crippen LogP contribution in [0.25, 0.3) is 0 Å². The molecule has 0 heterocycles. The van der Waals surface area contributed by atoms with E-state index in [1.165, 1.54) is 0 Å². The van der Waals surface area contributed by atoms with Crippen molar-refractivity contribution in [1.29, 1.82) is 0 Å². The van der Waals surface area contributed by atoms with Gasteiger partial charge in [0.1, 0.15) is 0 Å². The number of benzene rings is 1. The van der Waals surface area contributed by atoms with Crippen molar-refractivity contribution < 1.29 is 14.7 Å². The molecule has 0 aliphatic heterocycles. The summed E-state index contributed by atoms with van der Waals surface area (Å²) in [5.74, 6) is -0.236. The van der Waals surface area contributed by atoms with Crippen LogP contribution >= 0.6 is 11.8 Å². The van der Waals surface area contributed by atoms with Gasteiger partial charge in [-0.3, -0.25) is 9.59 Å². The summed E-state index contributed by atoms with van der Waals surface area (Å²) >= 11 is 1.65. The van der Waals surface area contributed by atoms with Gasteiger partial charge in [0.2, 0.25) is 5.91 Å². The van der Waals surface area contributed by atoms with E-state index in [1.54, 1.807) is 11.8 Å². The fourth-order valence-corrected chi connectivity index (χ4v) is 2.99. The minimum atomic E-state index is -0.975. The molecule has 4 nitrogen and oxygen atoms in total. The molecule has 0 unspecified atom stereocenters. The van der Waals surface area contributed by atoms with Crippen LogP contribution in [0.15, 0.2) is 29.2 Å². The van der Waals surface area contributed by atoms with Crippen LogP contribution in [0.2, 0.25) is 0 Å². The predicted octanol–water partition coefficient (Wildman–Crippen LogP) is 4.02. The molecule has 1 amide bonds. The molecule has 0 saturated heterocycles. The van der Waals surface area contributed by atoms with Crippen molar-refractivity contribution >= 4 is 29.3 Å². The van der Waals surface area contributed by atoms with E-state index in [1.807, 2.05) is 45.0 Å². The monoisotopic (exact) mass is 309 g/mol. The summed E-state index contributed by atoms with van der Waals surface area (Å²) in [6.45, 7) is 5.67. The van der Waals surface area contributed by atoms with Crippen molar-refractivity contribution in [3.8, 4) is 0 Å². The van der Waals surface area contributed by atoms with Crippen LogP contribution in [0.1, 0.15) is 40.0 Å². The molecule has 116 valence electrons. The number of thioether (sulfide) groups is 1. The Morgan fingerprint density at radius 1 is 1.19 bits per heavy atom. The number of rotatable bonds is 8. The number of hydrogen-bond donors (Lipinski definition) is 2. The predicted molar refractivity (Wildman–Crippen MR) is 86.7 cm³/mol. The zero-order valence-electron chi connectivity index (χ0n) is 12.8. The molecule has 1 aromatic carbocycles. The molecule has 0 fully saturated rings. The van der Waals surface area contributed by atoms with Gasteiger partial charge < -0.3 is 10.4 Å². The minimum Gasteiger partial charge on any atom is -0.481 e. The Kier molecular flexibility index (Phi) is 6.75. The molecule has 0 spiro atoms. The normalized spacial score (nSPS) is 11.2. The molecular formula is C16H23NO3S. The zero-order valence-corrected chi connectivity index (χ0v) is 13.6. The molecule has 1 aromatic rings. The summed E-state index contributed by atoms with van der Waals surface area (Å²) in [5.41, 5.74) is -0.224. The second-order valence-electron chi connectivity index (χ2n) is 4.95. The second-order valence-corrected chi connectivity index (χ2v) is 6.25. The van der Waals surface area contributed by atoms with Crippen LogP contribution in [-0.2, 0) is 9.59 Å². The topological polar surface area (TPSA) is 66.4 Å². The lowest BCUT2D eigenvalue weighted by Gasteiger charge is -2.26. The van der Waals surface area contributed by atoms with E-state index in [2.05, 4.69) is 5.32 Å². The van der Waals surface area contributed by atoms with Gasteiger partial charge in [0.15, 0.2) is 0 Å². The molecule has 0 saturated carbocycles. The third kappa shape index (κ3) is 4.49. The Morgan fingerprint density at radius 2 is 1.81 bits per heavy atom. The molecular weight excluding hydrogens is 286 g/mol. The number of aliphatic carboxylic acids is 1. The van der Waals surface area contributed by atoms with Crippen molar-refractivity contribution in [1.82, 2.24) is 0 Å². The van der Waals surface area contributed by atoms with E-state index in [0.717, 1.165) is 16.3 Å². The Hall–Kier alpha value is -1.49. The Labute approximate surface area is 130 Å². The van der Waals surface area contributed by atoms with Crippen LogP contribution in [0.3, 0.4) is 0 Å². The SMILES string of the molecule is CCSc1ccccc1NC(=O)CC(CC)(CC)C(=O)O. The van der Waals surface area contributed by atoms with Crippen molar-refractivity contribution in [2.75, 3.05) is 11.1 Å². The van der Waals surface area contributed by atoms with E-state index >= 15 is 0 Å². The molecule has 5 heteroatoms. The largest absolute Gasteiger partial charge is 0.481 e. The molecule has 0 aliphatic carbocycles. The van der Waals surface area contributed by atoms with Crippen LogP contribution in [0.4, 0.5) is 5.69 Å². The second kappa shape index (κ2) is 8.08. The Bertz CT molecular complexity index is 498. The number of nitrogens with one attached hydrogen (secondary N) is 1. The summed E-state index contributed by atoms with van der Waals surface area (Å²) in [5, 5.41) is 12.2. The standard InChI is InChI=1S/C16H23NO3S/c1-4-16(5-2,15(19)20)11-14(18)17-12-9-7-8-10-13(12)21-6-3/h7-10H,4-6,11H2,1-3H3,(H,17,18)(H,19,20). The molecule has 1 rings (SSSR count). The lowest BCUT2D eigenvalue weighted by atomic mass is 9.79. The third-order valence-corrected chi connectivity index (χ3v) is 4.72. The highest BCUT2D eigenvalue weighted by Crippen LogP contribution is 2.32. The first kappa shape index (κ1) is 17.6. The quantitative estimate of drug-likeness (QED) is 0.712. The number of carboxylic acids is 1. The van der Waals surface area contributed by atoms with Gasteiger partial charge in [0.25, 0.3) is 0 Å². The molecule has 2 N–H and O–H groups in total. The maximum atomic E-state index is 12.2. The van der Waals surface area contributed by atoms with E-state index in [4.69, 9.17) is 0 Å². The number of hydrogen-bond acceptors (Lipinski definition) is 3. The molecule has 0 radical (unpaired) electrons. The maximum absolute atomic E-state index is 12.2. The first-order valence-corrected chi connectivity index (χ1v) is 8.22. The first-order valence-electron chi connectivity index (χ1n) is 7.24. The summed E-state index contributed by atoms with van der Waals surface area (Å²) < 4.78 is 0. The molecule has 0 aliphatic rings. The number of anilines is 1. The lowest BCUT2D eigenvalue weighted by molar-refractivity contribution is -0.151. The number of carbonyl (C=O) groups excluding carboxylic acids is 1. The van der Waals surface area contributed by atoms with Crippen molar-refractivity contribution in [2.45, 2.75) is 44.9 Å². The number of para-hydroxylation sites is 1.